The van der Waals surface area contributed by atoms with Crippen molar-refractivity contribution in [3.63, 3.8) is 0 Å². The summed E-state index contributed by atoms with van der Waals surface area (Å²) in [6, 6.07) is 6.05. The predicted octanol–water partition coefficient (Wildman–Crippen LogP) is 2.47. The molecule has 1 aromatic carbocycles. The highest BCUT2D eigenvalue weighted by molar-refractivity contribution is 7.99. The minimum absolute atomic E-state index is 0.327. The molecule has 100 valence electrons. The van der Waals surface area contributed by atoms with Gasteiger partial charge in [0, 0.05) is 0 Å². The molecule has 0 atom stereocenters. The molecule has 0 saturated carbocycles. The summed E-state index contributed by atoms with van der Waals surface area (Å²) in [6.07, 6.45) is 3.39. The zero-order valence-electron chi connectivity index (χ0n) is 10.9. The smallest absolute Gasteiger partial charge is 0.163 e. The van der Waals surface area contributed by atoms with E-state index in [1.54, 1.807) is 7.11 Å². The van der Waals surface area contributed by atoms with Crippen LogP contribution in [0.3, 0.4) is 0 Å². The molecule has 3 nitrogen and oxygen atoms in total. The Bertz CT molecular complexity index is 378. The lowest BCUT2D eigenvalue weighted by molar-refractivity contribution is 0.184. The molecular weight excluding hydrogens is 246 g/mol. The van der Waals surface area contributed by atoms with Gasteiger partial charge >= 0.3 is 0 Å². The van der Waals surface area contributed by atoms with Crippen LogP contribution in [0.4, 0.5) is 0 Å². The van der Waals surface area contributed by atoms with E-state index in [-0.39, 0.29) is 0 Å². The van der Waals surface area contributed by atoms with Crippen LogP contribution in [0, 0.1) is 0 Å². The number of thioether (sulfide) groups is 1. The van der Waals surface area contributed by atoms with Crippen molar-refractivity contribution in [1.29, 1.82) is 0 Å². The van der Waals surface area contributed by atoms with Crippen LogP contribution in [-0.4, -0.2) is 31.3 Å². The van der Waals surface area contributed by atoms with Gasteiger partial charge in [-0.1, -0.05) is 12.1 Å². The largest absolute Gasteiger partial charge is 0.493 e. The standard InChI is InChI=1S/C14H21NO2S/c1-16-14-11(5-8-15)3-2-4-13(14)17-12-6-9-18-10-7-12/h2-4,12H,5-10,15H2,1H3. The van der Waals surface area contributed by atoms with Gasteiger partial charge in [0.2, 0.25) is 0 Å². The van der Waals surface area contributed by atoms with Crippen molar-refractivity contribution >= 4 is 11.8 Å². The number of hydrogen-bond donors (Lipinski definition) is 1. The molecule has 1 fully saturated rings. The monoisotopic (exact) mass is 267 g/mol. The van der Waals surface area contributed by atoms with Crippen LogP contribution in [-0.2, 0) is 6.42 Å². The van der Waals surface area contributed by atoms with Crippen molar-refractivity contribution in [1.82, 2.24) is 0 Å². The number of benzene rings is 1. The van der Waals surface area contributed by atoms with E-state index in [4.69, 9.17) is 15.2 Å². The molecule has 0 spiro atoms. The van der Waals surface area contributed by atoms with Crippen LogP contribution in [0.15, 0.2) is 18.2 Å². The normalized spacial score (nSPS) is 16.6. The van der Waals surface area contributed by atoms with E-state index in [1.165, 1.54) is 11.5 Å². The third kappa shape index (κ3) is 3.33. The summed E-state index contributed by atoms with van der Waals surface area (Å²) >= 11 is 2.00. The summed E-state index contributed by atoms with van der Waals surface area (Å²) in [5, 5.41) is 0. The third-order valence-corrected chi connectivity index (χ3v) is 4.19. The fourth-order valence-electron chi connectivity index (χ4n) is 2.21. The molecule has 0 radical (unpaired) electrons. The zero-order chi connectivity index (χ0) is 12.8. The molecule has 1 aliphatic rings. The summed E-state index contributed by atoms with van der Waals surface area (Å²) < 4.78 is 11.6. The van der Waals surface area contributed by atoms with Gasteiger partial charge in [0.25, 0.3) is 0 Å². The molecule has 1 saturated heterocycles. The highest BCUT2D eigenvalue weighted by atomic mass is 32.2. The number of para-hydroxylation sites is 1. The first-order valence-corrected chi connectivity index (χ1v) is 7.61. The lowest BCUT2D eigenvalue weighted by atomic mass is 10.1. The molecule has 2 N–H and O–H groups in total. The Balaban J connectivity index is 2.12. The van der Waals surface area contributed by atoms with Crippen LogP contribution in [0.2, 0.25) is 0 Å². The van der Waals surface area contributed by atoms with E-state index in [1.807, 2.05) is 23.9 Å². The van der Waals surface area contributed by atoms with Crippen molar-refractivity contribution in [2.45, 2.75) is 25.4 Å². The lowest BCUT2D eigenvalue weighted by Gasteiger charge is -2.24. The summed E-state index contributed by atoms with van der Waals surface area (Å²) in [6.45, 7) is 0.625. The quantitative estimate of drug-likeness (QED) is 0.890. The molecule has 1 aliphatic heterocycles. The summed E-state index contributed by atoms with van der Waals surface area (Å²) in [7, 11) is 1.69. The van der Waals surface area contributed by atoms with Crippen LogP contribution >= 0.6 is 11.8 Å². The summed E-state index contributed by atoms with van der Waals surface area (Å²) in [4.78, 5) is 0. The van der Waals surface area contributed by atoms with Crippen LogP contribution in [0.5, 0.6) is 11.5 Å². The second-order valence-electron chi connectivity index (χ2n) is 4.42. The van der Waals surface area contributed by atoms with E-state index in [2.05, 4.69) is 6.07 Å². The molecule has 1 aromatic rings. The van der Waals surface area contributed by atoms with E-state index in [0.717, 1.165) is 36.3 Å². The Labute approximate surface area is 113 Å². The average molecular weight is 267 g/mol. The van der Waals surface area contributed by atoms with Crippen molar-refractivity contribution in [2.75, 3.05) is 25.2 Å². The van der Waals surface area contributed by atoms with Gasteiger partial charge in [-0.15, -0.1) is 0 Å². The Morgan fingerprint density at radius 3 is 2.78 bits per heavy atom. The van der Waals surface area contributed by atoms with Gasteiger partial charge < -0.3 is 15.2 Å². The van der Waals surface area contributed by atoms with Crippen LogP contribution < -0.4 is 15.2 Å². The molecule has 1 heterocycles. The van der Waals surface area contributed by atoms with Crippen molar-refractivity contribution in [3.8, 4) is 11.5 Å². The summed E-state index contributed by atoms with van der Waals surface area (Å²) in [5.74, 6) is 4.09. The Morgan fingerprint density at radius 2 is 2.11 bits per heavy atom. The first kappa shape index (κ1) is 13.6. The maximum atomic E-state index is 6.09. The maximum Gasteiger partial charge on any atom is 0.163 e. The zero-order valence-corrected chi connectivity index (χ0v) is 11.7. The SMILES string of the molecule is COc1c(CCN)cccc1OC1CCSCC1. The fraction of sp³-hybridized carbons (Fsp3) is 0.571. The number of rotatable bonds is 5. The van der Waals surface area contributed by atoms with E-state index < -0.39 is 0 Å². The minimum Gasteiger partial charge on any atom is -0.493 e. The number of ether oxygens (including phenoxy) is 2. The van der Waals surface area contributed by atoms with Gasteiger partial charge in [0.15, 0.2) is 11.5 Å². The summed E-state index contributed by atoms with van der Waals surface area (Å²) in [5.41, 5.74) is 6.75. The lowest BCUT2D eigenvalue weighted by Crippen LogP contribution is -2.22. The third-order valence-electron chi connectivity index (χ3n) is 3.14. The number of methoxy groups -OCH3 is 1. The Hall–Kier alpha value is -0.870. The second-order valence-corrected chi connectivity index (χ2v) is 5.64. The molecule has 0 aliphatic carbocycles. The molecule has 0 aromatic heterocycles. The number of nitrogens with two attached hydrogens (primary N) is 1. The highest BCUT2D eigenvalue weighted by Gasteiger charge is 2.18. The van der Waals surface area contributed by atoms with Crippen molar-refractivity contribution in [3.05, 3.63) is 23.8 Å². The maximum absolute atomic E-state index is 6.09. The molecule has 0 amide bonds. The van der Waals surface area contributed by atoms with Gasteiger partial charge in [-0.05, 0) is 48.9 Å². The van der Waals surface area contributed by atoms with Gasteiger partial charge in [0.05, 0.1) is 7.11 Å². The Morgan fingerprint density at radius 1 is 1.33 bits per heavy atom. The minimum atomic E-state index is 0.327. The van der Waals surface area contributed by atoms with Crippen LogP contribution in [0.1, 0.15) is 18.4 Å². The predicted molar refractivity (Wildman–Crippen MR) is 76.7 cm³/mol. The molecular formula is C14H21NO2S. The van der Waals surface area contributed by atoms with E-state index >= 15 is 0 Å². The van der Waals surface area contributed by atoms with E-state index in [9.17, 15) is 0 Å². The van der Waals surface area contributed by atoms with Crippen molar-refractivity contribution < 1.29 is 9.47 Å². The molecule has 2 rings (SSSR count). The van der Waals surface area contributed by atoms with Gasteiger partial charge in [-0.3, -0.25) is 0 Å². The average Bonchev–Trinajstić information content (AvgIpc) is 2.41. The van der Waals surface area contributed by atoms with Crippen molar-refractivity contribution in [2.24, 2.45) is 5.73 Å². The van der Waals surface area contributed by atoms with Crippen LogP contribution in [0.25, 0.3) is 0 Å². The fourth-order valence-corrected chi connectivity index (χ4v) is 3.27. The molecule has 4 heteroatoms. The van der Waals surface area contributed by atoms with Gasteiger partial charge in [0.1, 0.15) is 6.10 Å². The topological polar surface area (TPSA) is 44.5 Å². The number of hydrogen-bond acceptors (Lipinski definition) is 4. The molecule has 0 unspecified atom stereocenters. The first-order valence-electron chi connectivity index (χ1n) is 6.45. The van der Waals surface area contributed by atoms with Gasteiger partial charge in [-0.2, -0.15) is 11.8 Å². The first-order chi connectivity index (χ1) is 8.85. The molecule has 0 bridgehead atoms. The Kier molecular flexibility index (Phi) is 5.20. The second kappa shape index (κ2) is 6.90. The van der Waals surface area contributed by atoms with E-state index in [0.29, 0.717) is 12.6 Å². The molecule has 18 heavy (non-hydrogen) atoms. The highest BCUT2D eigenvalue weighted by Crippen LogP contribution is 2.33. The van der Waals surface area contributed by atoms with Gasteiger partial charge in [-0.25, -0.2) is 0 Å².